The van der Waals surface area contributed by atoms with Crippen LogP contribution in [0.25, 0.3) is 0 Å². The van der Waals surface area contributed by atoms with Crippen LogP contribution in [0.4, 0.5) is 0 Å². The van der Waals surface area contributed by atoms with Crippen LogP contribution in [0.1, 0.15) is 31.5 Å². The molecule has 3 nitrogen and oxygen atoms in total. The zero-order chi connectivity index (χ0) is 12.0. The third-order valence-corrected chi connectivity index (χ3v) is 3.13. The fraction of sp³-hybridized carbons (Fsp3) is 0.750. The van der Waals surface area contributed by atoms with Gasteiger partial charge in [-0.05, 0) is 19.5 Å². The molecule has 0 bridgehead atoms. The first kappa shape index (κ1) is 13.6. The minimum atomic E-state index is 0.713. The average Bonchev–Trinajstić information content (AvgIpc) is 2.61. The second-order valence-electron chi connectivity index (χ2n) is 4.60. The van der Waals surface area contributed by atoms with Crippen molar-refractivity contribution in [2.24, 2.45) is 5.92 Å². The average molecular weight is 241 g/mol. The number of nitrogens with zero attached hydrogens (tertiary/aromatic N) is 2. The summed E-state index contributed by atoms with van der Waals surface area (Å²) < 4.78 is 0. The number of nitrogens with one attached hydrogen (secondary N) is 1. The van der Waals surface area contributed by atoms with E-state index in [1.807, 2.05) is 0 Å². The molecule has 4 heteroatoms. The quantitative estimate of drug-likeness (QED) is 0.794. The first-order chi connectivity index (χ1) is 7.61. The molecule has 0 atom stereocenters. The van der Waals surface area contributed by atoms with Crippen LogP contribution >= 0.6 is 11.3 Å². The Morgan fingerprint density at radius 1 is 1.50 bits per heavy atom. The van der Waals surface area contributed by atoms with Crippen LogP contribution in [-0.4, -0.2) is 30.0 Å². The van der Waals surface area contributed by atoms with Crippen LogP contribution in [0.2, 0.25) is 0 Å². The highest BCUT2D eigenvalue weighted by molar-refractivity contribution is 7.09. The smallest absolute Gasteiger partial charge is 0.107 e. The number of rotatable bonds is 7. The molecule has 0 fully saturated rings. The number of hydrogen-bond acceptors (Lipinski definition) is 4. The van der Waals surface area contributed by atoms with Crippen LogP contribution in [0.15, 0.2) is 5.38 Å². The molecule has 0 spiro atoms. The summed E-state index contributed by atoms with van der Waals surface area (Å²) in [5.41, 5.74) is 1.20. The standard InChI is InChI=1S/C12H23N3S/c1-5-13-6-12-14-11(9-16-12)8-15(4)7-10(2)3/h9-10,13H,5-8H2,1-4H3. The van der Waals surface area contributed by atoms with Crippen molar-refractivity contribution in [1.29, 1.82) is 0 Å². The molecule has 92 valence electrons. The Labute approximate surface area is 103 Å². The van der Waals surface area contributed by atoms with Gasteiger partial charge in [0.05, 0.1) is 5.69 Å². The summed E-state index contributed by atoms with van der Waals surface area (Å²) in [6.07, 6.45) is 0. The molecule has 1 aromatic rings. The zero-order valence-corrected chi connectivity index (χ0v) is 11.6. The Morgan fingerprint density at radius 3 is 2.88 bits per heavy atom. The molecule has 16 heavy (non-hydrogen) atoms. The van der Waals surface area contributed by atoms with Crippen molar-refractivity contribution < 1.29 is 0 Å². The molecular weight excluding hydrogens is 218 g/mol. The van der Waals surface area contributed by atoms with Crippen molar-refractivity contribution in [1.82, 2.24) is 15.2 Å². The predicted molar refractivity (Wildman–Crippen MR) is 70.7 cm³/mol. The van der Waals surface area contributed by atoms with Crippen LogP contribution in [0.5, 0.6) is 0 Å². The molecule has 1 heterocycles. The number of aromatic nitrogens is 1. The van der Waals surface area contributed by atoms with Gasteiger partial charge in [0.15, 0.2) is 0 Å². The topological polar surface area (TPSA) is 28.2 Å². The zero-order valence-electron chi connectivity index (χ0n) is 10.8. The molecular formula is C12H23N3S. The van der Waals surface area contributed by atoms with Gasteiger partial charge in [-0.3, -0.25) is 0 Å². The largest absolute Gasteiger partial charge is 0.311 e. The van der Waals surface area contributed by atoms with Crippen molar-refractivity contribution >= 4 is 11.3 Å². The van der Waals surface area contributed by atoms with E-state index in [-0.39, 0.29) is 0 Å². The van der Waals surface area contributed by atoms with Gasteiger partial charge in [-0.1, -0.05) is 20.8 Å². The molecule has 0 aliphatic heterocycles. The lowest BCUT2D eigenvalue weighted by molar-refractivity contribution is 0.285. The maximum Gasteiger partial charge on any atom is 0.107 e. The van der Waals surface area contributed by atoms with E-state index in [1.54, 1.807) is 11.3 Å². The van der Waals surface area contributed by atoms with E-state index in [4.69, 9.17) is 0 Å². The Hall–Kier alpha value is -0.450. The van der Waals surface area contributed by atoms with E-state index in [0.717, 1.165) is 26.2 Å². The fourth-order valence-electron chi connectivity index (χ4n) is 1.70. The molecule has 0 saturated carbocycles. The van der Waals surface area contributed by atoms with E-state index in [2.05, 4.69) is 48.4 Å². The molecule has 0 amide bonds. The summed E-state index contributed by atoms with van der Waals surface area (Å²) in [7, 11) is 2.16. The second kappa shape index (κ2) is 6.99. The Morgan fingerprint density at radius 2 is 2.25 bits per heavy atom. The van der Waals surface area contributed by atoms with E-state index in [0.29, 0.717) is 5.92 Å². The van der Waals surface area contributed by atoms with E-state index >= 15 is 0 Å². The first-order valence-electron chi connectivity index (χ1n) is 5.94. The fourth-order valence-corrected chi connectivity index (χ4v) is 2.45. The van der Waals surface area contributed by atoms with Crippen molar-refractivity contribution in [3.63, 3.8) is 0 Å². The maximum atomic E-state index is 4.61. The Balaban J connectivity index is 2.39. The third kappa shape index (κ3) is 5.05. The molecule has 1 N–H and O–H groups in total. The normalized spacial score (nSPS) is 11.6. The van der Waals surface area contributed by atoms with Gasteiger partial charge in [0.1, 0.15) is 5.01 Å². The van der Waals surface area contributed by atoms with Crippen LogP contribution in [-0.2, 0) is 13.1 Å². The SMILES string of the molecule is CCNCc1nc(CN(C)CC(C)C)cs1. The van der Waals surface area contributed by atoms with Gasteiger partial charge < -0.3 is 10.2 Å². The van der Waals surface area contributed by atoms with E-state index < -0.39 is 0 Å². The summed E-state index contributed by atoms with van der Waals surface area (Å²) in [6.45, 7) is 10.6. The highest BCUT2D eigenvalue weighted by Crippen LogP contribution is 2.11. The van der Waals surface area contributed by atoms with E-state index in [9.17, 15) is 0 Å². The lowest BCUT2D eigenvalue weighted by Gasteiger charge is -2.17. The summed E-state index contributed by atoms with van der Waals surface area (Å²) >= 11 is 1.75. The van der Waals surface area contributed by atoms with Gasteiger partial charge in [-0.15, -0.1) is 11.3 Å². The summed E-state index contributed by atoms with van der Waals surface area (Å²) in [5.74, 6) is 0.713. The van der Waals surface area contributed by atoms with Crippen LogP contribution in [0.3, 0.4) is 0 Å². The molecule has 0 unspecified atom stereocenters. The van der Waals surface area contributed by atoms with Crippen molar-refractivity contribution in [2.75, 3.05) is 20.1 Å². The second-order valence-corrected chi connectivity index (χ2v) is 5.55. The Kier molecular flexibility index (Phi) is 5.95. The van der Waals surface area contributed by atoms with Gasteiger partial charge in [0.25, 0.3) is 0 Å². The molecule has 0 radical (unpaired) electrons. The van der Waals surface area contributed by atoms with Gasteiger partial charge in [-0.2, -0.15) is 0 Å². The molecule has 0 aromatic carbocycles. The molecule has 0 aliphatic rings. The third-order valence-electron chi connectivity index (χ3n) is 2.23. The predicted octanol–water partition coefficient (Wildman–Crippen LogP) is 2.34. The summed E-state index contributed by atoms with van der Waals surface area (Å²) in [6, 6.07) is 0. The van der Waals surface area contributed by atoms with Crippen molar-refractivity contribution in [3.8, 4) is 0 Å². The highest BCUT2D eigenvalue weighted by atomic mass is 32.1. The van der Waals surface area contributed by atoms with Crippen molar-refractivity contribution in [3.05, 3.63) is 16.1 Å². The molecule has 0 aliphatic carbocycles. The monoisotopic (exact) mass is 241 g/mol. The van der Waals surface area contributed by atoms with E-state index in [1.165, 1.54) is 10.7 Å². The van der Waals surface area contributed by atoms with Crippen LogP contribution in [0, 0.1) is 5.92 Å². The van der Waals surface area contributed by atoms with Crippen molar-refractivity contribution in [2.45, 2.75) is 33.9 Å². The Bertz CT molecular complexity index is 296. The number of thiazole rings is 1. The molecule has 0 saturated heterocycles. The van der Waals surface area contributed by atoms with Crippen LogP contribution < -0.4 is 5.32 Å². The molecule has 1 rings (SSSR count). The van der Waals surface area contributed by atoms with Gasteiger partial charge >= 0.3 is 0 Å². The minimum absolute atomic E-state index is 0.713. The lowest BCUT2D eigenvalue weighted by Crippen LogP contribution is -2.22. The summed E-state index contributed by atoms with van der Waals surface area (Å²) in [5, 5.41) is 6.66. The number of hydrogen-bond donors (Lipinski definition) is 1. The molecule has 1 aromatic heterocycles. The summed E-state index contributed by atoms with van der Waals surface area (Å²) in [4.78, 5) is 6.94. The lowest BCUT2D eigenvalue weighted by atomic mass is 10.2. The van der Waals surface area contributed by atoms with Gasteiger partial charge in [0, 0.05) is 25.0 Å². The minimum Gasteiger partial charge on any atom is -0.311 e. The maximum absolute atomic E-state index is 4.61. The first-order valence-corrected chi connectivity index (χ1v) is 6.82. The van der Waals surface area contributed by atoms with Gasteiger partial charge in [0.2, 0.25) is 0 Å². The van der Waals surface area contributed by atoms with Gasteiger partial charge in [-0.25, -0.2) is 4.98 Å². The highest BCUT2D eigenvalue weighted by Gasteiger charge is 2.06.